The number of amides is 1. The zero-order valence-electron chi connectivity index (χ0n) is 29.0. The van der Waals surface area contributed by atoms with Gasteiger partial charge in [-0.15, -0.1) is 6.42 Å². The summed E-state index contributed by atoms with van der Waals surface area (Å²) in [6.45, 7) is 11.0. The highest BCUT2D eigenvalue weighted by atomic mass is 16.5. The Morgan fingerprint density at radius 2 is 1.71 bits per heavy atom. The monoisotopic (exact) mass is 648 g/mol. The molecule has 0 aliphatic carbocycles. The predicted molar refractivity (Wildman–Crippen MR) is 195 cm³/mol. The van der Waals surface area contributed by atoms with Crippen LogP contribution in [0.25, 0.3) is 22.2 Å². The highest BCUT2D eigenvalue weighted by Crippen LogP contribution is 2.30. The SMILES string of the molecule is C#CCOc1ccc2c(c1)c(-c1ccc(C(C)C)cc1)nc(=O)n2Cc1cccc(N(C)C(=O)CN2CCN(CCCN(C)C)CC2)c1. The zero-order valence-corrected chi connectivity index (χ0v) is 29.0. The van der Waals surface area contributed by atoms with Gasteiger partial charge in [-0.1, -0.05) is 56.2 Å². The largest absolute Gasteiger partial charge is 0.481 e. The first-order valence-electron chi connectivity index (χ1n) is 16.8. The van der Waals surface area contributed by atoms with Crippen molar-refractivity contribution in [2.45, 2.75) is 32.7 Å². The molecule has 0 bridgehead atoms. The normalized spacial score (nSPS) is 14.0. The molecule has 5 rings (SSSR count). The van der Waals surface area contributed by atoms with Gasteiger partial charge in [0.1, 0.15) is 12.4 Å². The molecule has 0 radical (unpaired) electrons. The number of carbonyl (C=O) groups is 1. The van der Waals surface area contributed by atoms with Gasteiger partial charge in [0.15, 0.2) is 0 Å². The fourth-order valence-corrected chi connectivity index (χ4v) is 6.14. The number of carbonyl (C=O) groups excluding carboxylic acids is 1. The second kappa shape index (κ2) is 16.1. The molecule has 1 aliphatic heterocycles. The Hall–Kier alpha value is -4.49. The Balaban J connectivity index is 1.34. The van der Waals surface area contributed by atoms with Crippen LogP contribution in [0.2, 0.25) is 0 Å². The topological polar surface area (TPSA) is 74.1 Å². The average Bonchev–Trinajstić information content (AvgIpc) is 3.08. The van der Waals surface area contributed by atoms with Crippen LogP contribution in [-0.2, 0) is 11.3 Å². The lowest BCUT2D eigenvalue weighted by atomic mass is 9.99. The van der Waals surface area contributed by atoms with Crippen LogP contribution in [0.1, 0.15) is 37.3 Å². The van der Waals surface area contributed by atoms with Gasteiger partial charge in [-0.2, -0.15) is 4.98 Å². The van der Waals surface area contributed by atoms with E-state index >= 15 is 0 Å². The first-order chi connectivity index (χ1) is 23.1. The Labute approximate surface area is 284 Å². The van der Waals surface area contributed by atoms with E-state index in [1.165, 1.54) is 5.56 Å². The van der Waals surface area contributed by atoms with Crippen LogP contribution in [0.3, 0.4) is 0 Å². The lowest BCUT2D eigenvalue weighted by Crippen LogP contribution is -2.50. The molecule has 2 heterocycles. The number of nitrogens with zero attached hydrogens (tertiary/aromatic N) is 6. The summed E-state index contributed by atoms with van der Waals surface area (Å²) in [7, 11) is 6.03. The number of hydrogen-bond acceptors (Lipinski definition) is 7. The number of aromatic nitrogens is 2. The number of rotatable bonds is 13. The van der Waals surface area contributed by atoms with Crippen molar-refractivity contribution in [1.29, 1.82) is 0 Å². The standard InChI is InChI=1S/C39H48N6O3/c1-7-24-48-34-16-17-36-35(26-34)38(32-14-12-31(13-15-32)29(2)3)40-39(47)45(36)27-30-10-8-11-33(25-30)42(6)37(46)28-44-22-20-43(21-23-44)19-9-18-41(4)5/h1,8,10-17,25-26,29H,9,18-24,27-28H2,2-6H3. The maximum Gasteiger partial charge on any atom is 0.348 e. The number of benzene rings is 3. The summed E-state index contributed by atoms with van der Waals surface area (Å²) in [6, 6.07) is 21.6. The molecule has 1 fully saturated rings. The average molecular weight is 649 g/mol. The molecule has 9 nitrogen and oxygen atoms in total. The van der Waals surface area contributed by atoms with E-state index in [1.54, 1.807) is 9.47 Å². The summed E-state index contributed by atoms with van der Waals surface area (Å²) in [6.07, 6.45) is 6.60. The minimum Gasteiger partial charge on any atom is -0.481 e. The lowest BCUT2D eigenvalue weighted by Gasteiger charge is -2.35. The Kier molecular flexibility index (Phi) is 11.7. The van der Waals surface area contributed by atoms with Crippen molar-refractivity contribution < 1.29 is 9.53 Å². The third-order valence-electron chi connectivity index (χ3n) is 9.04. The molecule has 9 heteroatoms. The molecule has 0 saturated carbocycles. The highest BCUT2D eigenvalue weighted by molar-refractivity contribution is 5.95. The fourth-order valence-electron chi connectivity index (χ4n) is 6.14. The maximum absolute atomic E-state index is 13.6. The van der Waals surface area contributed by atoms with Crippen LogP contribution < -0.4 is 15.3 Å². The van der Waals surface area contributed by atoms with Crippen LogP contribution in [0, 0.1) is 12.3 Å². The van der Waals surface area contributed by atoms with Crippen molar-refractivity contribution in [3.05, 3.63) is 88.3 Å². The number of fused-ring (bicyclic) bond motifs is 1. The van der Waals surface area contributed by atoms with Crippen molar-refractivity contribution in [2.24, 2.45) is 0 Å². The molecule has 0 atom stereocenters. The molecule has 0 spiro atoms. The van der Waals surface area contributed by atoms with Gasteiger partial charge in [-0.3, -0.25) is 14.3 Å². The van der Waals surface area contributed by atoms with Gasteiger partial charge < -0.3 is 19.4 Å². The predicted octanol–water partition coefficient (Wildman–Crippen LogP) is 4.78. The summed E-state index contributed by atoms with van der Waals surface area (Å²) in [5, 5.41) is 0.794. The van der Waals surface area contributed by atoms with Gasteiger partial charge in [0.25, 0.3) is 0 Å². The second-order valence-corrected chi connectivity index (χ2v) is 13.2. The first kappa shape index (κ1) is 34.8. The third kappa shape index (κ3) is 8.70. The third-order valence-corrected chi connectivity index (χ3v) is 9.04. The number of ether oxygens (including phenoxy) is 1. The number of piperazine rings is 1. The number of anilines is 1. The minimum atomic E-state index is -0.349. The van der Waals surface area contributed by atoms with Crippen molar-refractivity contribution in [2.75, 3.05) is 78.5 Å². The van der Waals surface area contributed by atoms with Crippen molar-refractivity contribution >= 4 is 22.5 Å². The van der Waals surface area contributed by atoms with Gasteiger partial charge >= 0.3 is 5.69 Å². The van der Waals surface area contributed by atoms with E-state index in [0.29, 0.717) is 30.5 Å². The molecule has 1 amide bonds. The summed E-state index contributed by atoms with van der Waals surface area (Å²) in [4.78, 5) is 40.2. The number of hydrogen-bond donors (Lipinski definition) is 0. The smallest absolute Gasteiger partial charge is 0.348 e. The molecule has 1 aromatic heterocycles. The van der Waals surface area contributed by atoms with Gasteiger partial charge in [-0.25, -0.2) is 4.79 Å². The number of terminal acetylenes is 1. The van der Waals surface area contributed by atoms with Crippen LogP contribution in [-0.4, -0.2) is 104 Å². The highest BCUT2D eigenvalue weighted by Gasteiger charge is 2.21. The Morgan fingerprint density at radius 3 is 2.40 bits per heavy atom. The Morgan fingerprint density at radius 1 is 0.979 bits per heavy atom. The van der Waals surface area contributed by atoms with E-state index in [0.717, 1.165) is 73.4 Å². The molecule has 1 aliphatic rings. The zero-order chi connectivity index (χ0) is 34.2. The Bertz CT molecular complexity index is 1800. The minimum absolute atomic E-state index is 0.0461. The van der Waals surface area contributed by atoms with Gasteiger partial charge in [0.2, 0.25) is 5.91 Å². The van der Waals surface area contributed by atoms with E-state index in [4.69, 9.17) is 11.2 Å². The fraction of sp³-hybridized carbons (Fsp3) is 0.410. The van der Waals surface area contributed by atoms with Gasteiger partial charge in [0, 0.05) is 49.9 Å². The van der Waals surface area contributed by atoms with Crippen LogP contribution in [0.5, 0.6) is 5.75 Å². The van der Waals surface area contributed by atoms with E-state index < -0.39 is 0 Å². The molecular weight excluding hydrogens is 600 g/mol. The summed E-state index contributed by atoms with van der Waals surface area (Å²) in [5.41, 5.74) is 4.74. The second-order valence-electron chi connectivity index (χ2n) is 13.2. The van der Waals surface area contributed by atoms with E-state index in [-0.39, 0.29) is 18.2 Å². The number of likely N-dealkylation sites (N-methyl/N-ethyl adjacent to an activating group) is 1. The maximum atomic E-state index is 13.6. The van der Waals surface area contributed by atoms with E-state index in [2.05, 4.69) is 65.7 Å². The molecule has 48 heavy (non-hydrogen) atoms. The van der Waals surface area contributed by atoms with Crippen LogP contribution >= 0.6 is 0 Å². The molecule has 252 valence electrons. The first-order valence-corrected chi connectivity index (χ1v) is 16.8. The lowest BCUT2D eigenvalue weighted by molar-refractivity contribution is -0.119. The van der Waals surface area contributed by atoms with Crippen molar-refractivity contribution in [1.82, 2.24) is 24.3 Å². The van der Waals surface area contributed by atoms with Crippen molar-refractivity contribution in [3.8, 4) is 29.4 Å². The summed E-state index contributed by atoms with van der Waals surface area (Å²) in [5.74, 6) is 3.56. The molecular formula is C39H48N6O3. The molecule has 4 aromatic rings. The van der Waals surface area contributed by atoms with Crippen LogP contribution in [0.4, 0.5) is 5.69 Å². The quantitative estimate of drug-likeness (QED) is 0.193. The van der Waals surface area contributed by atoms with Crippen molar-refractivity contribution in [3.63, 3.8) is 0 Å². The van der Waals surface area contributed by atoms with Gasteiger partial charge in [-0.05, 0) is 81.0 Å². The van der Waals surface area contributed by atoms with E-state index in [9.17, 15) is 9.59 Å². The van der Waals surface area contributed by atoms with Crippen LogP contribution in [0.15, 0.2) is 71.5 Å². The molecule has 0 unspecified atom stereocenters. The summed E-state index contributed by atoms with van der Waals surface area (Å²) >= 11 is 0. The molecule has 0 N–H and O–H groups in total. The van der Waals surface area contributed by atoms with E-state index in [1.807, 2.05) is 61.6 Å². The molecule has 3 aromatic carbocycles. The summed E-state index contributed by atoms with van der Waals surface area (Å²) < 4.78 is 7.42. The van der Waals surface area contributed by atoms with Gasteiger partial charge in [0.05, 0.1) is 24.3 Å². The molecule has 1 saturated heterocycles.